The van der Waals surface area contributed by atoms with Crippen molar-refractivity contribution in [2.45, 2.75) is 0 Å². The fourth-order valence-corrected chi connectivity index (χ4v) is 1.37. The van der Waals surface area contributed by atoms with Crippen molar-refractivity contribution in [1.29, 1.82) is 5.26 Å². The maximum atomic E-state index is 8.92. The summed E-state index contributed by atoms with van der Waals surface area (Å²) in [5.74, 6) is 5.86. The highest BCUT2D eigenvalue weighted by Gasteiger charge is 2.11. The summed E-state index contributed by atoms with van der Waals surface area (Å²) in [4.78, 5) is 4.06. The molecule has 0 aliphatic rings. The van der Waals surface area contributed by atoms with Gasteiger partial charge in [-0.1, -0.05) is 18.2 Å². The molecule has 0 spiro atoms. The first-order chi connectivity index (χ1) is 7.24. The molecular weight excluding hydrogens is 190 g/mol. The van der Waals surface area contributed by atoms with E-state index in [1.807, 2.05) is 6.07 Å². The van der Waals surface area contributed by atoms with Crippen molar-refractivity contribution in [3.8, 4) is 17.3 Å². The number of hydrogen-bond acceptors (Lipinski definition) is 4. The van der Waals surface area contributed by atoms with Crippen LogP contribution in [0.3, 0.4) is 0 Å². The van der Waals surface area contributed by atoms with Crippen LogP contribution < -0.4 is 11.6 Å². The van der Waals surface area contributed by atoms with Crippen LogP contribution >= 0.6 is 0 Å². The molecule has 0 fully saturated rings. The first-order valence-electron chi connectivity index (χ1n) is 4.31. The summed E-state index contributed by atoms with van der Waals surface area (Å²) in [6.07, 6.45) is 1.42. The maximum Gasteiger partial charge on any atom is 0.150 e. The van der Waals surface area contributed by atoms with Crippen LogP contribution in [-0.4, -0.2) is 9.66 Å². The average molecular weight is 199 g/mol. The largest absolute Gasteiger partial charge is 0.382 e. The van der Waals surface area contributed by atoms with Crippen molar-refractivity contribution in [3.05, 3.63) is 36.2 Å². The third-order valence-electron chi connectivity index (χ3n) is 2.13. The molecule has 0 amide bonds. The molecule has 0 aliphatic carbocycles. The van der Waals surface area contributed by atoms with Gasteiger partial charge in [-0.15, -0.1) is 0 Å². The smallest absolute Gasteiger partial charge is 0.150 e. The molecule has 0 bridgehead atoms. The number of hydrogen-bond donors (Lipinski definition) is 2. The Morgan fingerprint density at radius 1 is 1.33 bits per heavy atom. The van der Waals surface area contributed by atoms with Crippen LogP contribution in [0.2, 0.25) is 0 Å². The molecule has 0 atom stereocenters. The van der Waals surface area contributed by atoms with Gasteiger partial charge in [0.2, 0.25) is 0 Å². The number of nitrogens with two attached hydrogens (primary N) is 2. The molecular formula is C10H9N5. The molecule has 1 aromatic heterocycles. The maximum absolute atomic E-state index is 8.92. The fourth-order valence-electron chi connectivity index (χ4n) is 1.37. The van der Waals surface area contributed by atoms with Crippen LogP contribution in [-0.2, 0) is 0 Å². The third kappa shape index (κ3) is 1.38. The van der Waals surface area contributed by atoms with Gasteiger partial charge in [-0.25, -0.2) is 9.66 Å². The van der Waals surface area contributed by atoms with Crippen molar-refractivity contribution in [3.63, 3.8) is 0 Å². The third-order valence-corrected chi connectivity index (χ3v) is 2.13. The van der Waals surface area contributed by atoms with Gasteiger partial charge in [0.25, 0.3) is 0 Å². The summed E-state index contributed by atoms with van der Waals surface area (Å²) in [7, 11) is 0. The van der Waals surface area contributed by atoms with Gasteiger partial charge in [-0.2, -0.15) is 5.26 Å². The van der Waals surface area contributed by atoms with E-state index in [2.05, 4.69) is 11.1 Å². The zero-order valence-electron chi connectivity index (χ0n) is 7.88. The molecule has 0 radical (unpaired) electrons. The van der Waals surface area contributed by atoms with Gasteiger partial charge < -0.3 is 11.6 Å². The minimum atomic E-state index is 0.345. The lowest BCUT2D eigenvalue weighted by Gasteiger charge is -2.01. The van der Waals surface area contributed by atoms with Crippen LogP contribution in [0.5, 0.6) is 0 Å². The van der Waals surface area contributed by atoms with E-state index in [-0.39, 0.29) is 0 Å². The van der Waals surface area contributed by atoms with Gasteiger partial charge >= 0.3 is 0 Å². The lowest BCUT2D eigenvalue weighted by atomic mass is 10.1. The minimum absolute atomic E-state index is 0.345. The van der Waals surface area contributed by atoms with Gasteiger partial charge in [0.05, 0.1) is 11.6 Å². The van der Waals surface area contributed by atoms with Crippen molar-refractivity contribution >= 4 is 5.82 Å². The van der Waals surface area contributed by atoms with Crippen molar-refractivity contribution in [2.24, 2.45) is 0 Å². The number of nitrogen functional groups attached to an aromatic ring is 2. The second-order valence-electron chi connectivity index (χ2n) is 3.04. The highest BCUT2D eigenvalue weighted by atomic mass is 15.3. The van der Waals surface area contributed by atoms with E-state index >= 15 is 0 Å². The number of rotatable bonds is 1. The molecule has 1 heterocycles. The topological polar surface area (TPSA) is 93.6 Å². The number of benzene rings is 1. The molecule has 5 heteroatoms. The van der Waals surface area contributed by atoms with Gasteiger partial charge in [0.15, 0.2) is 5.82 Å². The summed E-state index contributed by atoms with van der Waals surface area (Å²) in [6, 6.07) is 9.20. The van der Waals surface area contributed by atoms with E-state index in [9.17, 15) is 0 Å². The molecule has 0 saturated heterocycles. The Labute approximate surface area is 86.5 Å². The number of nitriles is 1. The zero-order chi connectivity index (χ0) is 10.8. The van der Waals surface area contributed by atoms with E-state index < -0.39 is 0 Å². The van der Waals surface area contributed by atoms with Crippen molar-refractivity contribution in [2.75, 3.05) is 11.6 Å². The van der Waals surface area contributed by atoms with Crippen molar-refractivity contribution < 1.29 is 0 Å². The Kier molecular flexibility index (Phi) is 2.03. The van der Waals surface area contributed by atoms with E-state index in [1.54, 1.807) is 18.2 Å². The van der Waals surface area contributed by atoms with Crippen molar-refractivity contribution in [1.82, 2.24) is 9.66 Å². The van der Waals surface area contributed by atoms with Crippen LogP contribution in [0.4, 0.5) is 5.82 Å². The average Bonchev–Trinajstić information content (AvgIpc) is 2.60. The number of imidazole rings is 1. The van der Waals surface area contributed by atoms with Crippen LogP contribution in [0, 0.1) is 11.3 Å². The van der Waals surface area contributed by atoms with E-state index in [0.717, 1.165) is 0 Å². The molecule has 5 nitrogen and oxygen atoms in total. The number of aromatic nitrogens is 2. The van der Waals surface area contributed by atoms with Gasteiger partial charge in [-0.3, -0.25) is 0 Å². The van der Waals surface area contributed by atoms with E-state index in [0.29, 0.717) is 22.6 Å². The lowest BCUT2D eigenvalue weighted by molar-refractivity contribution is 1.01. The summed E-state index contributed by atoms with van der Waals surface area (Å²) >= 11 is 0. The minimum Gasteiger partial charge on any atom is -0.382 e. The fraction of sp³-hybridized carbons (Fsp3) is 0. The molecule has 0 aliphatic heterocycles. The van der Waals surface area contributed by atoms with Crippen LogP contribution in [0.15, 0.2) is 30.6 Å². The van der Waals surface area contributed by atoms with Gasteiger partial charge in [-0.05, 0) is 6.07 Å². The molecule has 15 heavy (non-hydrogen) atoms. The van der Waals surface area contributed by atoms with Crippen LogP contribution in [0.1, 0.15) is 5.56 Å². The Hall–Kier alpha value is -2.48. The predicted molar refractivity (Wildman–Crippen MR) is 56.9 cm³/mol. The monoisotopic (exact) mass is 199 g/mol. The first-order valence-corrected chi connectivity index (χ1v) is 4.31. The van der Waals surface area contributed by atoms with Crippen LogP contribution in [0.25, 0.3) is 11.3 Å². The van der Waals surface area contributed by atoms with E-state index in [1.165, 1.54) is 11.0 Å². The molecule has 0 unspecified atom stereocenters. The Morgan fingerprint density at radius 3 is 2.67 bits per heavy atom. The van der Waals surface area contributed by atoms with Gasteiger partial charge in [0, 0.05) is 5.56 Å². The Balaban J connectivity index is 2.65. The lowest BCUT2D eigenvalue weighted by Crippen LogP contribution is -2.10. The molecule has 1 aromatic carbocycles. The SMILES string of the molecule is N#Cc1ccccc1-c1ncn(N)c1N. The highest BCUT2D eigenvalue weighted by Crippen LogP contribution is 2.25. The molecule has 4 N–H and O–H groups in total. The second kappa shape index (κ2) is 3.35. The first kappa shape index (κ1) is 9.09. The zero-order valence-corrected chi connectivity index (χ0v) is 7.88. The summed E-state index contributed by atoms with van der Waals surface area (Å²) in [6.45, 7) is 0. The predicted octanol–water partition coefficient (Wildman–Crippen LogP) is 0.718. The second-order valence-corrected chi connectivity index (χ2v) is 3.04. The molecule has 2 aromatic rings. The number of nitrogens with zero attached hydrogens (tertiary/aromatic N) is 3. The number of anilines is 1. The quantitative estimate of drug-likeness (QED) is 0.661. The Morgan fingerprint density at radius 2 is 2.07 bits per heavy atom. The standard InChI is InChI=1S/C10H9N5/c11-5-7-3-1-2-4-8(7)9-10(12)15(13)6-14-9/h1-4,6H,12-13H2. The molecule has 74 valence electrons. The van der Waals surface area contributed by atoms with E-state index in [4.69, 9.17) is 16.8 Å². The summed E-state index contributed by atoms with van der Waals surface area (Å²) < 4.78 is 1.23. The molecule has 0 saturated carbocycles. The Bertz CT molecular complexity index is 535. The highest BCUT2D eigenvalue weighted by molar-refractivity contribution is 5.75. The molecule has 2 rings (SSSR count). The summed E-state index contributed by atoms with van der Waals surface area (Å²) in [5.41, 5.74) is 7.49. The normalized spacial score (nSPS) is 9.80. The summed E-state index contributed by atoms with van der Waals surface area (Å²) in [5, 5.41) is 8.92. The van der Waals surface area contributed by atoms with Gasteiger partial charge in [0.1, 0.15) is 12.0 Å².